The minimum atomic E-state index is -4.09. The molecule has 1 atom stereocenters. The molecule has 1 unspecified atom stereocenters. The topological polar surface area (TPSA) is 80.5 Å². The maximum atomic E-state index is 13.5. The van der Waals surface area contributed by atoms with Crippen LogP contribution in [-0.2, 0) is 21.4 Å². The maximum Gasteiger partial charge on any atom is 0.244 e. The van der Waals surface area contributed by atoms with E-state index >= 15 is 0 Å². The summed E-state index contributed by atoms with van der Waals surface area (Å²) in [6.45, 7) is -0.0893. The summed E-state index contributed by atoms with van der Waals surface area (Å²) >= 11 is 12.0. The molecule has 0 aromatic heterocycles. The van der Waals surface area contributed by atoms with E-state index < -0.39 is 22.0 Å². The van der Waals surface area contributed by atoms with Gasteiger partial charge in [-0.3, -0.25) is 4.79 Å². The van der Waals surface area contributed by atoms with Crippen LogP contribution in [0.5, 0.6) is 0 Å². The summed E-state index contributed by atoms with van der Waals surface area (Å²) in [6.07, 6.45) is 0. The van der Waals surface area contributed by atoms with Gasteiger partial charge in [-0.25, -0.2) is 8.42 Å². The van der Waals surface area contributed by atoms with Gasteiger partial charge in [0, 0.05) is 16.6 Å². The van der Waals surface area contributed by atoms with Gasteiger partial charge in [0.25, 0.3) is 0 Å². The number of hydrogen-bond donors (Lipinski definition) is 1. The summed E-state index contributed by atoms with van der Waals surface area (Å²) in [7, 11) is -4.09. The van der Waals surface area contributed by atoms with Gasteiger partial charge in [0.2, 0.25) is 15.9 Å². The van der Waals surface area contributed by atoms with E-state index in [1.165, 1.54) is 24.3 Å². The summed E-state index contributed by atoms with van der Waals surface area (Å²) in [5.41, 5.74) is 6.75. The SMILES string of the molecule is NC(=O)C(c1ccccc1)N(Cc1cccc(Cl)c1)S(=O)(=O)c1ccc(Cl)cc1. The molecule has 3 aromatic carbocycles. The van der Waals surface area contributed by atoms with E-state index in [0.29, 0.717) is 21.2 Å². The number of carbonyl (C=O) groups is 1. The Bertz CT molecular complexity index is 1100. The third kappa shape index (κ3) is 4.97. The number of hydrogen-bond acceptors (Lipinski definition) is 3. The van der Waals surface area contributed by atoms with Crippen molar-refractivity contribution in [2.75, 3.05) is 0 Å². The molecule has 29 heavy (non-hydrogen) atoms. The highest BCUT2D eigenvalue weighted by molar-refractivity contribution is 7.89. The molecule has 8 heteroatoms. The molecular weight excluding hydrogens is 431 g/mol. The van der Waals surface area contributed by atoms with E-state index in [2.05, 4.69) is 0 Å². The molecule has 0 aliphatic carbocycles. The molecular formula is C21H18Cl2N2O3S. The highest BCUT2D eigenvalue weighted by Crippen LogP contribution is 2.30. The Balaban J connectivity index is 2.14. The average molecular weight is 449 g/mol. The van der Waals surface area contributed by atoms with Gasteiger partial charge in [0.05, 0.1) is 4.90 Å². The van der Waals surface area contributed by atoms with Gasteiger partial charge in [0.15, 0.2) is 0 Å². The lowest BCUT2D eigenvalue weighted by Gasteiger charge is -2.29. The molecule has 3 aromatic rings. The molecule has 5 nitrogen and oxygen atoms in total. The van der Waals surface area contributed by atoms with Crippen molar-refractivity contribution in [3.8, 4) is 0 Å². The lowest BCUT2D eigenvalue weighted by atomic mass is 10.1. The Kier molecular flexibility index (Phi) is 6.59. The van der Waals surface area contributed by atoms with E-state index in [1.807, 2.05) is 0 Å². The molecule has 1 amide bonds. The quantitative estimate of drug-likeness (QED) is 0.580. The lowest BCUT2D eigenvalue weighted by molar-refractivity contribution is -0.122. The van der Waals surface area contributed by atoms with Crippen molar-refractivity contribution in [2.45, 2.75) is 17.5 Å². The fourth-order valence-corrected chi connectivity index (χ4v) is 4.89. The van der Waals surface area contributed by atoms with Gasteiger partial charge in [0.1, 0.15) is 6.04 Å². The summed E-state index contributed by atoms with van der Waals surface area (Å²) < 4.78 is 28.1. The molecule has 0 fully saturated rings. The molecule has 0 saturated carbocycles. The van der Waals surface area contributed by atoms with Crippen LogP contribution in [0.15, 0.2) is 83.8 Å². The Labute approximate surface area is 179 Å². The van der Waals surface area contributed by atoms with Crippen LogP contribution >= 0.6 is 23.2 Å². The van der Waals surface area contributed by atoms with Crippen molar-refractivity contribution in [3.63, 3.8) is 0 Å². The first-order chi connectivity index (χ1) is 13.8. The number of halogens is 2. The van der Waals surface area contributed by atoms with Crippen LogP contribution in [-0.4, -0.2) is 18.6 Å². The minimum Gasteiger partial charge on any atom is -0.368 e. The van der Waals surface area contributed by atoms with Crippen molar-refractivity contribution in [1.29, 1.82) is 0 Å². The molecule has 150 valence electrons. The van der Waals surface area contributed by atoms with Gasteiger partial charge < -0.3 is 5.73 Å². The summed E-state index contributed by atoms with van der Waals surface area (Å²) in [6, 6.07) is 19.9. The molecule has 0 radical (unpaired) electrons. The Morgan fingerprint density at radius 3 is 2.14 bits per heavy atom. The van der Waals surface area contributed by atoms with Gasteiger partial charge in [-0.1, -0.05) is 65.7 Å². The van der Waals surface area contributed by atoms with Crippen molar-refractivity contribution in [3.05, 3.63) is 100 Å². The van der Waals surface area contributed by atoms with Gasteiger partial charge in [-0.05, 0) is 47.5 Å². The second-order valence-electron chi connectivity index (χ2n) is 6.35. The molecule has 0 spiro atoms. The Hall–Kier alpha value is -2.38. The molecule has 0 aliphatic heterocycles. The minimum absolute atomic E-state index is 0.00566. The van der Waals surface area contributed by atoms with Gasteiger partial charge in [-0.15, -0.1) is 0 Å². The number of carbonyl (C=O) groups excluding carboxylic acids is 1. The molecule has 0 aliphatic rings. The summed E-state index contributed by atoms with van der Waals surface area (Å²) in [4.78, 5) is 12.4. The maximum absolute atomic E-state index is 13.5. The van der Waals surface area contributed by atoms with Gasteiger partial charge in [-0.2, -0.15) is 4.31 Å². The lowest BCUT2D eigenvalue weighted by Crippen LogP contribution is -2.41. The first kappa shape index (κ1) is 21.3. The number of amides is 1. The normalized spacial score (nSPS) is 12.7. The first-order valence-electron chi connectivity index (χ1n) is 8.65. The highest BCUT2D eigenvalue weighted by Gasteiger charge is 2.36. The number of nitrogens with two attached hydrogens (primary N) is 1. The Morgan fingerprint density at radius 1 is 0.897 bits per heavy atom. The fourth-order valence-electron chi connectivity index (χ4n) is 2.98. The molecule has 3 rings (SSSR count). The third-order valence-corrected chi connectivity index (χ3v) is 6.63. The largest absolute Gasteiger partial charge is 0.368 e. The van der Waals surface area contributed by atoms with Crippen LogP contribution in [0.4, 0.5) is 0 Å². The number of benzene rings is 3. The molecule has 0 heterocycles. The van der Waals surface area contributed by atoms with Crippen molar-refractivity contribution in [2.24, 2.45) is 5.73 Å². The highest BCUT2D eigenvalue weighted by atomic mass is 35.5. The fraction of sp³-hybridized carbons (Fsp3) is 0.0952. The third-order valence-electron chi connectivity index (χ3n) is 4.32. The van der Waals surface area contributed by atoms with Crippen LogP contribution in [0, 0.1) is 0 Å². The monoisotopic (exact) mass is 448 g/mol. The van der Waals surface area contributed by atoms with Crippen LogP contribution in [0.2, 0.25) is 10.0 Å². The number of primary amides is 1. The van der Waals surface area contributed by atoms with Gasteiger partial charge >= 0.3 is 0 Å². The zero-order valence-corrected chi connectivity index (χ0v) is 17.5. The summed E-state index contributed by atoms with van der Waals surface area (Å²) in [5.74, 6) is -0.782. The van der Waals surface area contributed by atoms with Crippen molar-refractivity contribution < 1.29 is 13.2 Å². The van der Waals surface area contributed by atoms with Crippen molar-refractivity contribution in [1.82, 2.24) is 4.31 Å². The van der Waals surface area contributed by atoms with E-state index in [1.54, 1.807) is 54.6 Å². The van der Waals surface area contributed by atoms with Crippen LogP contribution < -0.4 is 5.73 Å². The summed E-state index contributed by atoms with van der Waals surface area (Å²) in [5, 5.41) is 0.863. The zero-order valence-electron chi connectivity index (χ0n) is 15.2. The first-order valence-corrected chi connectivity index (χ1v) is 10.8. The predicted octanol–water partition coefficient (Wildman–Crippen LogP) is 4.41. The number of rotatable bonds is 7. The molecule has 0 bridgehead atoms. The average Bonchev–Trinajstić information content (AvgIpc) is 2.68. The number of sulfonamides is 1. The Morgan fingerprint density at radius 2 is 1.55 bits per heavy atom. The van der Waals surface area contributed by atoms with E-state index in [-0.39, 0.29) is 11.4 Å². The van der Waals surface area contributed by atoms with E-state index in [9.17, 15) is 13.2 Å². The van der Waals surface area contributed by atoms with E-state index in [4.69, 9.17) is 28.9 Å². The van der Waals surface area contributed by atoms with Crippen molar-refractivity contribution >= 4 is 39.1 Å². The van der Waals surface area contributed by atoms with Crippen LogP contribution in [0.3, 0.4) is 0 Å². The number of nitrogens with zero attached hydrogens (tertiary/aromatic N) is 1. The molecule has 2 N–H and O–H groups in total. The zero-order chi connectivity index (χ0) is 21.0. The second kappa shape index (κ2) is 8.97. The van der Waals surface area contributed by atoms with Crippen LogP contribution in [0.1, 0.15) is 17.2 Å². The smallest absolute Gasteiger partial charge is 0.244 e. The second-order valence-corrected chi connectivity index (χ2v) is 9.11. The van der Waals surface area contributed by atoms with Crippen LogP contribution in [0.25, 0.3) is 0 Å². The standard InChI is InChI=1S/C21H18Cl2N2O3S/c22-17-9-11-19(12-10-17)29(27,28)25(14-15-5-4-8-18(23)13-15)20(21(24)26)16-6-2-1-3-7-16/h1-13,20H,14H2,(H2,24,26). The predicted molar refractivity (Wildman–Crippen MR) is 114 cm³/mol. The molecule has 0 saturated heterocycles. The van der Waals surface area contributed by atoms with E-state index in [0.717, 1.165) is 4.31 Å².